The molecule has 1 aromatic carbocycles. The van der Waals surface area contributed by atoms with Gasteiger partial charge >= 0.3 is 6.03 Å². The Morgan fingerprint density at radius 3 is 2.47 bits per heavy atom. The lowest BCUT2D eigenvalue weighted by Gasteiger charge is -2.35. The molecule has 4 rings (SSSR count). The third-order valence-electron chi connectivity index (χ3n) is 6.41. The second-order valence-electron chi connectivity index (χ2n) is 8.66. The summed E-state index contributed by atoms with van der Waals surface area (Å²) in [6.45, 7) is 5.86. The van der Waals surface area contributed by atoms with Crippen LogP contribution >= 0.6 is 0 Å². The van der Waals surface area contributed by atoms with Crippen LogP contribution in [-0.2, 0) is 11.3 Å². The lowest BCUT2D eigenvalue weighted by Crippen LogP contribution is -2.57. The second-order valence-corrected chi connectivity index (χ2v) is 8.66. The van der Waals surface area contributed by atoms with Gasteiger partial charge in [-0.3, -0.25) is 9.59 Å². The number of urea groups is 1. The summed E-state index contributed by atoms with van der Waals surface area (Å²) in [7, 11) is 0. The quantitative estimate of drug-likeness (QED) is 0.498. The Bertz CT molecular complexity index is 1100. The van der Waals surface area contributed by atoms with Crippen LogP contribution in [0.1, 0.15) is 36.5 Å². The van der Waals surface area contributed by atoms with E-state index >= 15 is 0 Å². The van der Waals surface area contributed by atoms with Gasteiger partial charge in [-0.1, -0.05) is 38.5 Å². The summed E-state index contributed by atoms with van der Waals surface area (Å²) < 4.78 is 5.26. The predicted octanol–water partition coefficient (Wildman–Crippen LogP) is 2.96. The number of aromatic amines is 1. The number of carbonyl (C=O) groups excluding carboxylic acids is 3. The van der Waals surface area contributed by atoms with E-state index in [1.165, 1.54) is 0 Å². The number of rotatable bonds is 7. The minimum absolute atomic E-state index is 0.0366. The first-order valence-electron chi connectivity index (χ1n) is 11.7. The number of furan rings is 1. The zero-order valence-corrected chi connectivity index (χ0v) is 19.5. The molecule has 2 atom stereocenters. The maximum atomic E-state index is 12.9. The van der Waals surface area contributed by atoms with Crippen LogP contribution < -0.4 is 10.6 Å². The molecule has 4 amide bonds. The molecule has 34 heavy (non-hydrogen) atoms. The van der Waals surface area contributed by atoms with Gasteiger partial charge in [0, 0.05) is 37.1 Å². The van der Waals surface area contributed by atoms with Crippen LogP contribution in [0, 0.1) is 5.92 Å². The molecular weight excluding hydrogens is 434 g/mol. The number of benzene rings is 1. The number of aromatic nitrogens is 1. The molecule has 1 aliphatic heterocycles. The Kier molecular flexibility index (Phi) is 7.20. The molecule has 9 nitrogen and oxygen atoms in total. The van der Waals surface area contributed by atoms with Gasteiger partial charge in [-0.25, -0.2) is 4.79 Å². The van der Waals surface area contributed by atoms with Crippen molar-refractivity contribution >= 4 is 28.7 Å². The number of para-hydroxylation sites is 1. The van der Waals surface area contributed by atoms with Crippen LogP contribution in [0.4, 0.5) is 4.79 Å². The molecule has 0 aliphatic carbocycles. The van der Waals surface area contributed by atoms with E-state index in [2.05, 4.69) is 15.6 Å². The second kappa shape index (κ2) is 10.5. The predicted molar refractivity (Wildman–Crippen MR) is 128 cm³/mol. The number of amides is 4. The molecule has 0 saturated carbocycles. The van der Waals surface area contributed by atoms with Crippen LogP contribution in [0.3, 0.4) is 0 Å². The van der Waals surface area contributed by atoms with Gasteiger partial charge in [0.15, 0.2) is 0 Å². The smallest absolute Gasteiger partial charge is 0.318 e. The highest BCUT2D eigenvalue weighted by Gasteiger charge is 2.30. The molecule has 1 unspecified atom stereocenters. The Balaban J connectivity index is 1.31. The van der Waals surface area contributed by atoms with Crippen molar-refractivity contribution in [3.63, 3.8) is 0 Å². The van der Waals surface area contributed by atoms with Crippen LogP contribution in [0.2, 0.25) is 0 Å². The maximum absolute atomic E-state index is 12.9. The van der Waals surface area contributed by atoms with Crippen molar-refractivity contribution in [2.24, 2.45) is 5.92 Å². The van der Waals surface area contributed by atoms with E-state index in [1.54, 1.807) is 28.2 Å². The summed E-state index contributed by atoms with van der Waals surface area (Å²) in [5, 5.41) is 6.72. The molecule has 3 aromatic rings. The van der Waals surface area contributed by atoms with Gasteiger partial charge in [0.25, 0.3) is 5.91 Å². The minimum Gasteiger partial charge on any atom is -0.467 e. The third-order valence-corrected chi connectivity index (χ3v) is 6.41. The fraction of sp³-hybridized carbons (Fsp3) is 0.400. The van der Waals surface area contributed by atoms with E-state index in [-0.39, 0.29) is 30.3 Å². The average Bonchev–Trinajstić information content (AvgIpc) is 3.54. The SMILES string of the molecule is CCC(C)[C@@H](NC(=O)N1CCN(C(=O)c2cc3ccccc3[nH]2)CC1)C(=O)NCc1ccco1. The van der Waals surface area contributed by atoms with Crippen molar-refractivity contribution in [1.82, 2.24) is 25.4 Å². The molecule has 1 fully saturated rings. The Morgan fingerprint density at radius 1 is 1.06 bits per heavy atom. The average molecular weight is 466 g/mol. The van der Waals surface area contributed by atoms with Crippen molar-refractivity contribution in [1.29, 1.82) is 0 Å². The molecule has 3 N–H and O–H groups in total. The first kappa shape index (κ1) is 23.4. The van der Waals surface area contributed by atoms with Crippen LogP contribution in [-0.4, -0.2) is 64.9 Å². The number of H-pyrrole nitrogens is 1. The summed E-state index contributed by atoms with van der Waals surface area (Å²) in [4.78, 5) is 45.2. The highest BCUT2D eigenvalue weighted by molar-refractivity contribution is 5.98. The normalized spacial score (nSPS) is 15.7. The van der Waals surface area contributed by atoms with Gasteiger partial charge < -0.3 is 29.8 Å². The fourth-order valence-corrected chi connectivity index (χ4v) is 4.10. The van der Waals surface area contributed by atoms with Crippen molar-refractivity contribution in [2.45, 2.75) is 32.9 Å². The van der Waals surface area contributed by atoms with Crippen molar-refractivity contribution in [3.05, 3.63) is 60.2 Å². The summed E-state index contributed by atoms with van der Waals surface area (Å²) in [5.74, 6) is 0.293. The van der Waals surface area contributed by atoms with Gasteiger partial charge in [-0.2, -0.15) is 0 Å². The molecule has 3 heterocycles. The molecule has 0 spiro atoms. The molecule has 0 radical (unpaired) electrons. The summed E-state index contributed by atoms with van der Waals surface area (Å²) in [5.41, 5.74) is 1.47. The van der Waals surface area contributed by atoms with Crippen molar-refractivity contribution < 1.29 is 18.8 Å². The topological polar surface area (TPSA) is 111 Å². The molecule has 0 bridgehead atoms. The summed E-state index contributed by atoms with van der Waals surface area (Å²) in [6.07, 6.45) is 2.30. The Labute approximate surface area is 198 Å². The van der Waals surface area contributed by atoms with Gasteiger partial charge in [-0.15, -0.1) is 0 Å². The van der Waals surface area contributed by atoms with Crippen LogP contribution in [0.15, 0.2) is 53.1 Å². The van der Waals surface area contributed by atoms with Gasteiger partial charge in [0.1, 0.15) is 17.5 Å². The van der Waals surface area contributed by atoms with E-state index in [0.717, 1.165) is 17.3 Å². The van der Waals surface area contributed by atoms with E-state index in [1.807, 2.05) is 44.2 Å². The number of carbonyl (C=O) groups is 3. The molecule has 2 aromatic heterocycles. The summed E-state index contributed by atoms with van der Waals surface area (Å²) >= 11 is 0. The van der Waals surface area contributed by atoms with Gasteiger partial charge in [-0.05, 0) is 30.2 Å². The van der Waals surface area contributed by atoms with E-state index in [9.17, 15) is 14.4 Å². The van der Waals surface area contributed by atoms with Crippen molar-refractivity contribution in [3.8, 4) is 0 Å². The number of nitrogens with zero attached hydrogens (tertiary/aromatic N) is 2. The number of hydrogen-bond acceptors (Lipinski definition) is 4. The standard InChI is InChI=1S/C25H31N5O4/c1-3-17(2)22(23(31)26-16-19-8-6-14-34-19)28-25(33)30-12-10-29(11-13-30)24(32)21-15-18-7-4-5-9-20(18)27-21/h4-9,14-15,17,22,27H,3,10-13,16H2,1-2H3,(H,26,31)(H,28,33)/t17?,22-/m1/s1. The Hall–Kier alpha value is -3.75. The molecular formula is C25H31N5O4. The van der Waals surface area contributed by atoms with Crippen LogP contribution in [0.5, 0.6) is 0 Å². The molecule has 9 heteroatoms. The molecule has 1 saturated heterocycles. The van der Waals surface area contributed by atoms with Crippen molar-refractivity contribution in [2.75, 3.05) is 26.2 Å². The van der Waals surface area contributed by atoms with Gasteiger partial charge in [0.05, 0.1) is 12.8 Å². The minimum atomic E-state index is -0.654. The van der Waals surface area contributed by atoms with Gasteiger partial charge in [0.2, 0.25) is 5.91 Å². The molecule has 180 valence electrons. The first-order valence-corrected chi connectivity index (χ1v) is 11.7. The van der Waals surface area contributed by atoms with E-state index in [4.69, 9.17) is 4.42 Å². The van der Waals surface area contributed by atoms with E-state index in [0.29, 0.717) is 37.6 Å². The number of piperazine rings is 1. The van der Waals surface area contributed by atoms with Crippen LogP contribution in [0.25, 0.3) is 10.9 Å². The zero-order chi connectivity index (χ0) is 24.1. The highest BCUT2D eigenvalue weighted by Crippen LogP contribution is 2.17. The van der Waals surface area contributed by atoms with E-state index < -0.39 is 6.04 Å². The maximum Gasteiger partial charge on any atom is 0.318 e. The number of fused-ring (bicyclic) bond motifs is 1. The fourth-order valence-electron chi connectivity index (χ4n) is 4.10. The lowest BCUT2D eigenvalue weighted by molar-refractivity contribution is -0.124. The monoisotopic (exact) mass is 465 g/mol. The highest BCUT2D eigenvalue weighted by atomic mass is 16.3. The Morgan fingerprint density at radius 2 is 1.79 bits per heavy atom. The first-order chi connectivity index (χ1) is 16.5. The molecule has 1 aliphatic rings. The number of hydrogen-bond donors (Lipinski definition) is 3. The third kappa shape index (κ3) is 5.24. The lowest BCUT2D eigenvalue weighted by atomic mass is 9.98. The zero-order valence-electron chi connectivity index (χ0n) is 19.5. The summed E-state index contributed by atoms with van der Waals surface area (Å²) in [6, 6.07) is 12.2. The largest absolute Gasteiger partial charge is 0.467 e. The number of nitrogens with one attached hydrogen (secondary N) is 3.